The van der Waals surface area contributed by atoms with Crippen molar-refractivity contribution < 1.29 is 14.6 Å². The molecule has 4 nitrogen and oxygen atoms in total. The van der Waals surface area contributed by atoms with Crippen LogP contribution < -0.4 is 10.5 Å². The number of carbonyl (C=O) groups excluding carboxylic acids is 1. The molecule has 1 heterocycles. The van der Waals surface area contributed by atoms with Crippen LogP contribution in [-0.4, -0.2) is 30.1 Å². The van der Waals surface area contributed by atoms with E-state index < -0.39 is 6.10 Å². The molecule has 3 rings (SSSR count). The number of thiophene rings is 1. The van der Waals surface area contributed by atoms with Gasteiger partial charge in [-0.3, -0.25) is 4.79 Å². The predicted molar refractivity (Wildman–Crippen MR) is 129 cm³/mol. The molecule has 0 saturated carbocycles. The number of benzene rings is 1. The van der Waals surface area contributed by atoms with E-state index in [0.29, 0.717) is 11.8 Å². The van der Waals surface area contributed by atoms with Crippen LogP contribution in [0.4, 0.5) is 0 Å². The van der Waals surface area contributed by atoms with Gasteiger partial charge < -0.3 is 15.6 Å². The number of nitrogens with two attached hydrogens (primary N) is 1. The summed E-state index contributed by atoms with van der Waals surface area (Å²) in [6.45, 7) is 11.3. The molecule has 1 aliphatic rings. The summed E-state index contributed by atoms with van der Waals surface area (Å²) in [6.07, 6.45) is 4.88. The zero-order valence-corrected chi connectivity index (χ0v) is 20.5. The van der Waals surface area contributed by atoms with Gasteiger partial charge in [0.25, 0.3) is 0 Å². The van der Waals surface area contributed by atoms with E-state index in [1.807, 2.05) is 13.8 Å². The van der Waals surface area contributed by atoms with E-state index in [-0.39, 0.29) is 18.9 Å². The Morgan fingerprint density at radius 2 is 1.94 bits per heavy atom. The highest BCUT2D eigenvalue weighted by atomic mass is 32.1. The molecule has 1 atom stereocenters. The normalized spacial score (nSPS) is 16.1. The molecule has 0 amide bonds. The molecule has 0 aliphatic heterocycles. The van der Waals surface area contributed by atoms with Gasteiger partial charge in [-0.15, -0.1) is 11.3 Å². The van der Waals surface area contributed by atoms with E-state index in [9.17, 15) is 9.90 Å². The molecule has 0 radical (unpaired) electrons. The topological polar surface area (TPSA) is 72.5 Å². The number of aryl methyl sites for hydroxylation is 4. The second-order valence-corrected chi connectivity index (χ2v) is 10.8. The Labute approximate surface area is 190 Å². The van der Waals surface area contributed by atoms with Crippen LogP contribution in [-0.2, 0) is 25.7 Å². The minimum absolute atomic E-state index is 0.182. The minimum atomic E-state index is -0.661. The molecule has 5 heteroatoms. The first-order valence-corrected chi connectivity index (χ1v) is 12.2. The standard InChI is InChI=1S/C26H37NO3S/c1-6-23-21-13-26(4,5)10-9-20(21)25(31-23)22(29)8-7-18-11-16(2)24(17(3)12-18)30-15-19(28)14-27/h11-12,19,28H,6-10,13-15,27H2,1-5H3. The third-order valence-electron chi connectivity index (χ3n) is 6.33. The van der Waals surface area contributed by atoms with Crippen LogP contribution in [0.3, 0.4) is 0 Å². The lowest BCUT2D eigenvalue weighted by atomic mass is 9.74. The number of hydrogen-bond acceptors (Lipinski definition) is 5. The summed E-state index contributed by atoms with van der Waals surface area (Å²) in [5.41, 5.74) is 11.8. The van der Waals surface area contributed by atoms with Crippen molar-refractivity contribution in [2.75, 3.05) is 13.2 Å². The van der Waals surface area contributed by atoms with Crippen LogP contribution in [0.5, 0.6) is 5.75 Å². The van der Waals surface area contributed by atoms with Crippen LogP contribution in [0.1, 0.15) is 76.0 Å². The summed E-state index contributed by atoms with van der Waals surface area (Å²) in [6, 6.07) is 4.18. The smallest absolute Gasteiger partial charge is 0.173 e. The first-order valence-electron chi connectivity index (χ1n) is 11.4. The fourth-order valence-corrected chi connectivity index (χ4v) is 5.87. The number of aliphatic hydroxyl groups excluding tert-OH is 1. The summed E-state index contributed by atoms with van der Waals surface area (Å²) in [5, 5.41) is 9.66. The number of hydrogen-bond donors (Lipinski definition) is 2. The second-order valence-electron chi connectivity index (χ2n) is 9.69. The molecule has 170 valence electrons. The molecule has 1 aliphatic carbocycles. The zero-order chi connectivity index (χ0) is 22.8. The lowest BCUT2D eigenvalue weighted by Gasteiger charge is -2.30. The molecular weight excluding hydrogens is 406 g/mol. The monoisotopic (exact) mass is 443 g/mol. The van der Waals surface area contributed by atoms with Gasteiger partial charge in [-0.1, -0.05) is 32.9 Å². The van der Waals surface area contributed by atoms with Crippen LogP contribution >= 0.6 is 11.3 Å². The first-order chi connectivity index (χ1) is 14.6. The Morgan fingerprint density at radius 3 is 2.55 bits per heavy atom. The Morgan fingerprint density at radius 1 is 1.26 bits per heavy atom. The number of Topliss-reactive ketones (excluding diaryl/α,β-unsaturated/α-hetero) is 1. The van der Waals surface area contributed by atoms with Crippen molar-refractivity contribution in [3.8, 4) is 5.75 Å². The Balaban J connectivity index is 1.71. The third-order valence-corrected chi connectivity index (χ3v) is 7.79. The summed E-state index contributed by atoms with van der Waals surface area (Å²) >= 11 is 1.74. The average molecular weight is 444 g/mol. The average Bonchev–Trinajstić information content (AvgIpc) is 3.07. The number of carbonyl (C=O) groups is 1. The van der Waals surface area contributed by atoms with E-state index in [4.69, 9.17) is 10.5 Å². The van der Waals surface area contributed by atoms with Gasteiger partial charge in [0.05, 0.1) is 4.88 Å². The van der Waals surface area contributed by atoms with E-state index in [1.165, 1.54) is 16.0 Å². The Kier molecular flexibility index (Phi) is 7.61. The predicted octanol–water partition coefficient (Wildman–Crippen LogP) is 4.96. The van der Waals surface area contributed by atoms with Gasteiger partial charge >= 0.3 is 0 Å². The maximum Gasteiger partial charge on any atom is 0.173 e. The second kappa shape index (κ2) is 9.85. The van der Waals surface area contributed by atoms with E-state index >= 15 is 0 Å². The molecule has 3 N–H and O–H groups in total. The summed E-state index contributed by atoms with van der Waals surface area (Å²) in [4.78, 5) is 15.6. The van der Waals surface area contributed by atoms with Crippen LogP contribution in [0, 0.1) is 19.3 Å². The van der Waals surface area contributed by atoms with E-state index in [0.717, 1.165) is 59.4 Å². The summed E-state index contributed by atoms with van der Waals surface area (Å²) < 4.78 is 5.77. The van der Waals surface area contributed by atoms with Gasteiger partial charge in [0, 0.05) is 17.8 Å². The fraction of sp³-hybridized carbons (Fsp3) is 0.577. The fourth-order valence-electron chi connectivity index (χ4n) is 4.59. The van der Waals surface area contributed by atoms with Crippen molar-refractivity contribution in [2.45, 2.75) is 79.2 Å². The number of rotatable bonds is 9. The van der Waals surface area contributed by atoms with Crippen molar-refractivity contribution in [3.63, 3.8) is 0 Å². The van der Waals surface area contributed by atoms with Gasteiger partial charge in [0.15, 0.2) is 5.78 Å². The van der Waals surface area contributed by atoms with Gasteiger partial charge in [-0.2, -0.15) is 0 Å². The zero-order valence-electron chi connectivity index (χ0n) is 19.6. The lowest BCUT2D eigenvalue weighted by molar-refractivity contribution is 0.0985. The Bertz CT molecular complexity index is 921. The van der Waals surface area contributed by atoms with Crippen LogP contribution in [0.2, 0.25) is 0 Å². The summed E-state index contributed by atoms with van der Waals surface area (Å²) in [7, 11) is 0. The van der Waals surface area contributed by atoms with Crippen molar-refractivity contribution in [3.05, 3.63) is 49.7 Å². The summed E-state index contributed by atoms with van der Waals surface area (Å²) in [5.74, 6) is 1.08. The molecule has 1 unspecified atom stereocenters. The molecule has 0 spiro atoms. The van der Waals surface area contributed by atoms with Crippen molar-refractivity contribution >= 4 is 17.1 Å². The van der Waals surface area contributed by atoms with Crippen LogP contribution in [0.15, 0.2) is 12.1 Å². The number of ketones is 1. The molecule has 0 saturated heterocycles. The first kappa shape index (κ1) is 24.0. The maximum atomic E-state index is 13.2. The van der Waals surface area contributed by atoms with E-state index in [2.05, 4.69) is 32.9 Å². The largest absolute Gasteiger partial charge is 0.490 e. The van der Waals surface area contributed by atoms with Gasteiger partial charge in [-0.05, 0) is 79.2 Å². The highest BCUT2D eigenvalue weighted by molar-refractivity contribution is 7.14. The molecule has 1 aromatic heterocycles. The van der Waals surface area contributed by atoms with Gasteiger partial charge in [0.1, 0.15) is 18.5 Å². The van der Waals surface area contributed by atoms with E-state index in [1.54, 1.807) is 11.3 Å². The lowest BCUT2D eigenvalue weighted by Crippen LogP contribution is -2.26. The molecule has 2 aromatic rings. The molecular formula is C26H37NO3S. The molecule has 1 aromatic carbocycles. The number of aliphatic hydroxyl groups is 1. The third kappa shape index (κ3) is 5.57. The SMILES string of the molecule is CCc1sc(C(=O)CCc2cc(C)c(OCC(O)CN)c(C)c2)c2c1CC(C)(C)CC2. The number of ether oxygens (including phenoxy) is 1. The maximum absolute atomic E-state index is 13.2. The highest BCUT2D eigenvalue weighted by Crippen LogP contribution is 2.42. The number of fused-ring (bicyclic) bond motifs is 1. The van der Waals surface area contributed by atoms with Gasteiger partial charge in [0.2, 0.25) is 0 Å². The quantitative estimate of drug-likeness (QED) is 0.538. The molecule has 0 fully saturated rings. The minimum Gasteiger partial charge on any atom is -0.490 e. The molecule has 0 bridgehead atoms. The Hall–Kier alpha value is -1.69. The van der Waals surface area contributed by atoms with Crippen molar-refractivity contribution in [1.82, 2.24) is 0 Å². The van der Waals surface area contributed by atoms with Crippen molar-refractivity contribution in [1.29, 1.82) is 0 Å². The highest BCUT2D eigenvalue weighted by Gasteiger charge is 2.31. The van der Waals surface area contributed by atoms with Crippen LogP contribution in [0.25, 0.3) is 0 Å². The molecule has 31 heavy (non-hydrogen) atoms. The van der Waals surface area contributed by atoms with Crippen molar-refractivity contribution in [2.24, 2.45) is 11.1 Å². The van der Waals surface area contributed by atoms with Gasteiger partial charge in [-0.25, -0.2) is 0 Å².